The van der Waals surface area contributed by atoms with Gasteiger partial charge in [-0.25, -0.2) is 9.97 Å². The van der Waals surface area contributed by atoms with Gasteiger partial charge in [-0.15, -0.1) is 0 Å². The van der Waals surface area contributed by atoms with Crippen molar-refractivity contribution >= 4 is 0 Å². The van der Waals surface area contributed by atoms with E-state index in [-0.39, 0.29) is 0 Å². The highest BCUT2D eigenvalue weighted by molar-refractivity contribution is 5.95. The number of nitrogens with zero attached hydrogens (tertiary/aromatic N) is 4. The molecule has 0 unspecified atom stereocenters. The van der Waals surface area contributed by atoms with E-state index in [1.165, 1.54) is 33.4 Å². The molecule has 0 aliphatic rings. The van der Waals surface area contributed by atoms with E-state index >= 15 is 0 Å². The molecule has 0 radical (unpaired) electrons. The number of benzene rings is 6. The van der Waals surface area contributed by atoms with Crippen molar-refractivity contribution in [3.8, 4) is 67.5 Å². The molecular weight excluding hydrogens is 585 g/mol. The number of aromatic nitrogens is 4. The number of para-hydroxylation sites is 2. The van der Waals surface area contributed by atoms with Gasteiger partial charge in [-0.2, -0.15) is 0 Å². The van der Waals surface area contributed by atoms with E-state index in [9.17, 15) is 0 Å². The molecule has 230 valence electrons. The van der Waals surface area contributed by atoms with Gasteiger partial charge >= 0.3 is 0 Å². The first kappa shape index (κ1) is 29.2. The van der Waals surface area contributed by atoms with Crippen molar-refractivity contribution in [3.63, 3.8) is 0 Å². The molecule has 0 saturated heterocycles. The van der Waals surface area contributed by atoms with E-state index in [0.717, 1.165) is 45.3 Å². The molecule has 8 aromatic rings. The molecule has 0 spiro atoms. The number of imidazole rings is 2. The minimum Gasteiger partial charge on any atom is -0.300 e. The van der Waals surface area contributed by atoms with Crippen LogP contribution in [0.15, 0.2) is 170 Å². The van der Waals surface area contributed by atoms with Crippen LogP contribution >= 0.6 is 0 Å². The first-order valence-corrected chi connectivity index (χ1v) is 16.2. The maximum absolute atomic E-state index is 4.71. The Balaban J connectivity index is 1.21. The van der Waals surface area contributed by atoms with Crippen molar-refractivity contribution in [2.24, 2.45) is 0 Å². The van der Waals surface area contributed by atoms with Gasteiger partial charge in [0, 0.05) is 47.3 Å². The summed E-state index contributed by atoms with van der Waals surface area (Å²) in [5, 5.41) is 0. The van der Waals surface area contributed by atoms with Crippen LogP contribution in [0.2, 0.25) is 0 Å². The molecule has 0 fully saturated rings. The molecule has 0 bridgehead atoms. The van der Waals surface area contributed by atoms with Crippen LogP contribution in [0.4, 0.5) is 0 Å². The largest absolute Gasteiger partial charge is 0.300 e. The van der Waals surface area contributed by atoms with Crippen LogP contribution in [0.5, 0.6) is 0 Å². The maximum Gasteiger partial charge on any atom is 0.144 e. The summed E-state index contributed by atoms with van der Waals surface area (Å²) >= 11 is 0. The molecule has 0 aliphatic carbocycles. The lowest BCUT2D eigenvalue weighted by Crippen LogP contribution is -1.96. The summed E-state index contributed by atoms with van der Waals surface area (Å²) < 4.78 is 4.26. The summed E-state index contributed by atoms with van der Waals surface area (Å²) in [5.41, 5.74) is 14.0. The lowest BCUT2D eigenvalue weighted by molar-refractivity contribution is 1.07. The number of hydrogen-bond donors (Lipinski definition) is 0. The molecule has 0 aliphatic heterocycles. The zero-order valence-electron chi connectivity index (χ0n) is 27.0. The Morgan fingerprint density at radius 3 is 1.25 bits per heavy atom. The minimum atomic E-state index is 0.920. The highest BCUT2D eigenvalue weighted by Crippen LogP contribution is 2.41. The van der Waals surface area contributed by atoms with Crippen LogP contribution in [-0.2, 0) is 0 Å². The standard InChI is InChI=1S/C44H34N4/c1-31-28-32(2)30-37(29-31)42-40(33-16-20-35(21-17-33)43-45-24-26-47(43)38-10-5-3-6-11-38)14-9-15-41(42)34-18-22-36(23-19-34)44-46-25-27-48(44)39-12-7-4-8-13-39/h3-30H,1-2H3. The molecule has 2 aromatic heterocycles. The highest BCUT2D eigenvalue weighted by atomic mass is 15.1. The Morgan fingerprint density at radius 1 is 0.396 bits per heavy atom. The molecule has 0 amide bonds. The fraction of sp³-hybridized carbons (Fsp3) is 0.0455. The summed E-state index contributed by atoms with van der Waals surface area (Å²) in [6, 6.07) is 51.8. The number of aryl methyl sites for hydroxylation is 2. The molecule has 4 nitrogen and oxygen atoms in total. The van der Waals surface area contributed by atoms with E-state index in [2.05, 4.69) is 156 Å². The summed E-state index contributed by atoms with van der Waals surface area (Å²) in [6.07, 6.45) is 7.75. The van der Waals surface area contributed by atoms with Crippen molar-refractivity contribution in [3.05, 3.63) is 182 Å². The Hall–Kier alpha value is -6.26. The predicted molar refractivity (Wildman–Crippen MR) is 197 cm³/mol. The van der Waals surface area contributed by atoms with Gasteiger partial charge in [0.05, 0.1) is 0 Å². The molecule has 48 heavy (non-hydrogen) atoms. The third-order valence-corrected chi connectivity index (χ3v) is 8.83. The Morgan fingerprint density at radius 2 is 0.812 bits per heavy atom. The fourth-order valence-electron chi connectivity index (χ4n) is 6.69. The van der Waals surface area contributed by atoms with Crippen molar-refractivity contribution in [2.45, 2.75) is 13.8 Å². The first-order valence-electron chi connectivity index (χ1n) is 16.2. The fourth-order valence-corrected chi connectivity index (χ4v) is 6.69. The SMILES string of the molecule is Cc1cc(C)cc(-c2c(-c3ccc(-c4nccn4-c4ccccc4)cc3)cccc2-c2ccc(-c3nccn3-c3ccccc3)cc2)c1. The van der Waals surface area contributed by atoms with E-state index in [1.54, 1.807) is 0 Å². The predicted octanol–water partition coefficient (Wildman–Crippen LogP) is 11.0. The van der Waals surface area contributed by atoms with Gasteiger partial charge in [0.2, 0.25) is 0 Å². The van der Waals surface area contributed by atoms with E-state index in [1.807, 2.05) is 36.9 Å². The summed E-state index contributed by atoms with van der Waals surface area (Å²) in [6.45, 7) is 4.35. The highest BCUT2D eigenvalue weighted by Gasteiger charge is 2.17. The quantitative estimate of drug-likeness (QED) is 0.178. The molecular formula is C44H34N4. The van der Waals surface area contributed by atoms with Gasteiger partial charge in [0.15, 0.2) is 0 Å². The van der Waals surface area contributed by atoms with E-state index in [0.29, 0.717) is 0 Å². The molecule has 6 aromatic carbocycles. The van der Waals surface area contributed by atoms with Crippen LogP contribution in [0.25, 0.3) is 67.5 Å². The number of hydrogen-bond acceptors (Lipinski definition) is 2. The molecule has 4 heteroatoms. The lowest BCUT2D eigenvalue weighted by Gasteiger charge is -2.18. The summed E-state index contributed by atoms with van der Waals surface area (Å²) in [7, 11) is 0. The first-order chi connectivity index (χ1) is 23.6. The average molecular weight is 619 g/mol. The van der Waals surface area contributed by atoms with E-state index < -0.39 is 0 Å². The second-order valence-electron chi connectivity index (χ2n) is 12.2. The van der Waals surface area contributed by atoms with Crippen LogP contribution in [0, 0.1) is 13.8 Å². The van der Waals surface area contributed by atoms with Crippen molar-refractivity contribution in [2.75, 3.05) is 0 Å². The Labute approximate surface area is 281 Å². The van der Waals surface area contributed by atoms with Crippen molar-refractivity contribution < 1.29 is 0 Å². The maximum atomic E-state index is 4.71. The Bertz CT molecular complexity index is 2170. The second kappa shape index (κ2) is 12.5. The van der Waals surface area contributed by atoms with E-state index in [4.69, 9.17) is 9.97 Å². The summed E-state index contributed by atoms with van der Waals surface area (Å²) in [5.74, 6) is 1.84. The third kappa shape index (κ3) is 5.54. The van der Waals surface area contributed by atoms with Gasteiger partial charge in [0.1, 0.15) is 11.6 Å². The van der Waals surface area contributed by atoms with Crippen molar-refractivity contribution in [1.82, 2.24) is 19.1 Å². The molecule has 0 N–H and O–H groups in total. The average Bonchev–Trinajstić information content (AvgIpc) is 3.83. The molecule has 8 rings (SSSR count). The summed E-state index contributed by atoms with van der Waals surface area (Å²) in [4.78, 5) is 9.42. The van der Waals surface area contributed by atoms with Crippen LogP contribution in [0.3, 0.4) is 0 Å². The third-order valence-electron chi connectivity index (χ3n) is 8.83. The zero-order valence-corrected chi connectivity index (χ0v) is 27.0. The van der Waals surface area contributed by atoms with Gasteiger partial charge < -0.3 is 0 Å². The monoisotopic (exact) mass is 618 g/mol. The van der Waals surface area contributed by atoms with Crippen LogP contribution in [0.1, 0.15) is 11.1 Å². The minimum absolute atomic E-state index is 0.920. The van der Waals surface area contributed by atoms with Crippen molar-refractivity contribution in [1.29, 1.82) is 0 Å². The zero-order chi connectivity index (χ0) is 32.5. The normalized spacial score (nSPS) is 11.1. The Kier molecular flexibility index (Phi) is 7.60. The topological polar surface area (TPSA) is 35.6 Å². The smallest absolute Gasteiger partial charge is 0.144 e. The molecule has 0 atom stereocenters. The number of rotatable bonds is 7. The van der Waals surface area contributed by atoms with Crippen LogP contribution in [-0.4, -0.2) is 19.1 Å². The second-order valence-corrected chi connectivity index (χ2v) is 12.2. The lowest BCUT2D eigenvalue weighted by atomic mass is 9.86. The molecule has 0 saturated carbocycles. The van der Waals surface area contributed by atoms with Gasteiger partial charge in [0.25, 0.3) is 0 Å². The van der Waals surface area contributed by atoms with Gasteiger partial charge in [-0.05, 0) is 71.5 Å². The molecule has 2 heterocycles. The van der Waals surface area contributed by atoms with Crippen LogP contribution < -0.4 is 0 Å². The van der Waals surface area contributed by atoms with Gasteiger partial charge in [-0.3, -0.25) is 9.13 Å². The van der Waals surface area contributed by atoms with Gasteiger partial charge in [-0.1, -0.05) is 132 Å².